The quantitative estimate of drug-likeness (QED) is 0.537. The second kappa shape index (κ2) is 7.58. The van der Waals surface area contributed by atoms with Gasteiger partial charge >= 0.3 is 12.1 Å². The Bertz CT molecular complexity index is 1200. The zero-order chi connectivity index (χ0) is 21.3. The number of benzene rings is 1. The van der Waals surface area contributed by atoms with E-state index < -0.39 is 12.1 Å². The summed E-state index contributed by atoms with van der Waals surface area (Å²) in [5, 5.41) is 6.98. The van der Waals surface area contributed by atoms with Crippen LogP contribution < -0.4 is 5.32 Å². The van der Waals surface area contributed by atoms with Gasteiger partial charge in [0.05, 0.1) is 0 Å². The van der Waals surface area contributed by atoms with Gasteiger partial charge in [0.25, 0.3) is 0 Å². The van der Waals surface area contributed by atoms with Crippen molar-refractivity contribution < 1.29 is 22.5 Å². The molecule has 154 valence electrons. The van der Waals surface area contributed by atoms with Crippen LogP contribution in [0, 0.1) is 6.92 Å². The van der Waals surface area contributed by atoms with Crippen LogP contribution in [-0.4, -0.2) is 30.6 Å². The number of nitrogens with zero attached hydrogens (tertiary/aromatic N) is 5. The summed E-state index contributed by atoms with van der Waals surface area (Å²) in [5.74, 6) is -1.75. The summed E-state index contributed by atoms with van der Waals surface area (Å²) < 4.78 is 44.1. The third kappa shape index (κ3) is 4.00. The zero-order valence-corrected chi connectivity index (χ0v) is 15.6. The van der Waals surface area contributed by atoms with Crippen molar-refractivity contribution in [1.29, 1.82) is 0 Å². The molecule has 0 saturated heterocycles. The van der Waals surface area contributed by atoms with E-state index in [1.807, 2.05) is 6.92 Å². The van der Waals surface area contributed by atoms with Gasteiger partial charge in [-0.2, -0.15) is 18.2 Å². The number of hydrogen-bond acceptors (Lipinski definition) is 6. The van der Waals surface area contributed by atoms with Gasteiger partial charge in [-0.3, -0.25) is 4.79 Å². The molecule has 1 N–H and O–H groups in total. The average Bonchev–Trinajstić information content (AvgIpc) is 3.33. The lowest BCUT2D eigenvalue weighted by Gasteiger charge is -2.07. The number of carbonyl (C=O) groups excluding carboxylic acids is 1. The normalized spacial score (nSPS) is 11.7. The lowest BCUT2D eigenvalue weighted by Crippen LogP contribution is -2.26. The highest BCUT2D eigenvalue weighted by Gasteiger charge is 2.38. The van der Waals surface area contributed by atoms with Crippen LogP contribution >= 0.6 is 0 Å². The molecule has 3 heterocycles. The highest BCUT2D eigenvalue weighted by atomic mass is 19.4. The molecule has 0 aliphatic carbocycles. The van der Waals surface area contributed by atoms with E-state index in [-0.39, 0.29) is 18.3 Å². The Balaban J connectivity index is 1.53. The van der Waals surface area contributed by atoms with E-state index in [0.29, 0.717) is 12.1 Å². The zero-order valence-electron chi connectivity index (χ0n) is 15.6. The van der Waals surface area contributed by atoms with Gasteiger partial charge in [-0.05, 0) is 30.7 Å². The second-order valence-corrected chi connectivity index (χ2v) is 6.62. The molecule has 0 saturated carbocycles. The van der Waals surface area contributed by atoms with Crippen molar-refractivity contribution in [2.24, 2.45) is 0 Å². The molecule has 8 nitrogen and oxygen atoms in total. The predicted molar refractivity (Wildman–Crippen MR) is 98.8 cm³/mol. The van der Waals surface area contributed by atoms with Gasteiger partial charge in [-0.25, -0.2) is 9.97 Å². The van der Waals surface area contributed by atoms with Crippen LogP contribution in [0.1, 0.15) is 17.0 Å². The summed E-state index contributed by atoms with van der Waals surface area (Å²) in [5.41, 5.74) is 2.78. The molecule has 0 fully saturated rings. The summed E-state index contributed by atoms with van der Waals surface area (Å²) >= 11 is 0. The van der Waals surface area contributed by atoms with Crippen LogP contribution in [-0.2, 0) is 24.1 Å². The van der Waals surface area contributed by atoms with E-state index in [2.05, 4.69) is 29.9 Å². The fourth-order valence-electron chi connectivity index (χ4n) is 3.03. The Morgan fingerprint density at radius 3 is 2.70 bits per heavy atom. The highest BCUT2D eigenvalue weighted by Crippen LogP contribution is 2.31. The summed E-state index contributed by atoms with van der Waals surface area (Å²) in [6.07, 6.45) is 1.75. The molecule has 0 unspecified atom stereocenters. The van der Waals surface area contributed by atoms with E-state index in [1.54, 1.807) is 41.4 Å². The van der Waals surface area contributed by atoms with E-state index in [1.165, 1.54) is 6.33 Å². The monoisotopic (exact) mass is 416 g/mol. The Hall–Kier alpha value is -3.76. The molecule has 0 bridgehead atoms. The van der Waals surface area contributed by atoms with Crippen molar-refractivity contribution in [1.82, 2.24) is 30.0 Å². The van der Waals surface area contributed by atoms with E-state index in [0.717, 1.165) is 22.0 Å². The molecule has 0 aliphatic heterocycles. The summed E-state index contributed by atoms with van der Waals surface area (Å²) in [6.45, 7) is 2.23. The maximum Gasteiger partial charge on any atom is 0.471 e. The van der Waals surface area contributed by atoms with Gasteiger partial charge in [0.2, 0.25) is 11.7 Å². The minimum Gasteiger partial charge on any atom is -0.350 e. The maximum absolute atomic E-state index is 12.7. The Labute approximate surface area is 167 Å². The number of alkyl halides is 3. The molecule has 1 amide bonds. The summed E-state index contributed by atoms with van der Waals surface area (Å²) in [6, 6.07) is 4.97. The molecule has 30 heavy (non-hydrogen) atoms. The first kappa shape index (κ1) is 19.6. The number of hydrogen-bond donors (Lipinski definition) is 1. The number of carbonyl (C=O) groups is 1. The largest absolute Gasteiger partial charge is 0.471 e. The highest BCUT2D eigenvalue weighted by molar-refractivity contribution is 5.89. The van der Waals surface area contributed by atoms with Crippen LogP contribution in [0.2, 0.25) is 0 Å². The van der Waals surface area contributed by atoms with Crippen LogP contribution in [0.4, 0.5) is 13.2 Å². The third-order valence-electron chi connectivity index (χ3n) is 4.42. The third-order valence-corrected chi connectivity index (χ3v) is 4.42. The molecule has 1 aromatic carbocycles. The predicted octanol–water partition coefficient (Wildman–Crippen LogP) is 3.12. The minimum atomic E-state index is -4.70. The molecule has 0 atom stereocenters. The van der Waals surface area contributed by atoms with Crippen molar-refractivity contribution in [3.8, 4) is 11.4 Å². The molecular weight excluding hydrogens is 401 g/mol. The molecule has 3 aromatic heterocycles. The van der Waals surface area contributed by atoms with E-state index in [9.17, 15) is 18.0 Å². The fraction of sp³-hybridized carbons (Fsp3) is 0.211. The summed E-state index contributed by atoms with van der Waals surface area (Å²) in [7, 11) is 0. The number of aryl methyl sites for hydroxylation is 1. The topological polar surface area (TPSA) is 98.7 Å². The first-order valence-electron chi connectivity index (χ1n) is 8.82. The average molecular weight is 416 g/mol. The van der Waals surface area contributed by atoms with Gasteiger partial charge in [0, 0.05) is 47.2 Å². The van der Waals surface area contributed by atoms with Gasteiger partial charge < -0.3 is 14.4 Å². The van der Waals surface area contributed by atoms with Crippen LogP contribution in [0.25, 0.3) is 22.3 Å². The summed E-state index contributed by atoms with van der Waals surface area (Å²) in [4.78, 5) is 23.5. The fourth-order valence-corrected chi connectivity index (χ4v) is 3.03. The number of aromatic nitrogens is 5. The molecule has 0 spiro atoms. The SMILES string of the molecule is Cc1cn(CC(=O)NCc2cncnc2)c2ccc(-c3noc(C(F)(F)F)n3)cc12. The number of rotatable bonds is 5. The number of amides is 1. The Kier molecular flexibility index (Phi) is 4.94. The standard InChI is InChI=1S/C19H15F3N6O2/c1-11-8-28(9-16(29)25-7-12-5-23-10-24-6-12)15-3-2-13(4-14(11)15)17-26-18(30-27-17)19(20,21)22/h2-6,8,10H,7,9H2,1H3,(H,25,29). The second-order valence-electron chi connectivity index (χ2n) is 6.62. The Morgan fingerprint density at radius 1 is 1.23 bits per heavy atom. The van der Waals surface area contributed by atoms with Crippen molar-refractivity contribution >= 4 is 16.8 Å². The Morgan fingerprint density at radius 2 is 2.00 bits per heavy atom. The lowest BCUT2D eigenvalue weighted by molar-refractivity contribution is -0.159. The van der Waals surface area contributed by atoms with Crippen LogP contribution in [0.15, 0.2) is 47.6 Å². The number of halogens is 3. The van der Waals surface area contributed by atoms with Gasteiger partial charge in [0.1, 0.15) is 12.9 Å². The molecule has 0 radical (unpaired) electrons. The van der Waals surface area contributed by atoms with Gasteiger partial charge in [-0.15, -0.1) is 0 Å². The number of fused-ring (bicyclic) bond motifs is 1. The van der Waals surface area contributed by atoms with Gasteiger partial charge in [0.15, 0.2) is 0 Å². The van der Waals surface area contributed by atoms with Crippen molar-refractivity contribution in [2.45, 2.75) is 26.2 Å². The molecular formula is C19H15F3N6O2. The van der Waals surface area contributed by atoms with Crippen molar-refractivity contribution in [2.75, 3.05) is 0 Å². The molecule has 4 rings (SSSR count). The first-order chi connectivity index (χ1) is 14.3. The van der Waals surface area contributed by atoms with E-state index in [4.69, 9.17) is 0 Å². The molecule has 0 aliphatic rings. The molecule has 11 heteroatoms. The first-order valence-corrected chi connectivity index (χ1v) is 8.82. The van der Waals surface area contributed by atoms with E-state index >= 15 is 0 Å². The van der Waals surface area contributed by atoms with Gasteiger partial charge in [-0.1, -0.05) is 5.16 Å². The van der Waals surface area contributed by atoms with Crippen molar-refractivity contribution in [3.63, 3.8) is 0 Å². The minimum absolute atomic E-state index is 0.0812. The smallest absolute Gasteiger partial charge is 0.350 e. The van der Waals surface area contributed by atoms with Crippen LogP contribution in [0.5, 0.6) is 0 Å². The lowest BCUT2D eigenvalue weighted by atomic mass is 10.1. The molecule has 4 aromatic rings. The van der Waals surface area contributed by atoms with Crippen LogP contribution in [0.3, 0.4) is 0 Å². The van der Waals surface area contributed by atoms with Crippen molar-refractivity contribution in [3.05, 3.63) is 60.1 Å². The maximum atomic E-state index is 12.7. The number of nitrogens with one attached hydrogen (secondary N) is 1.